The molecule has 0 radical (unpaired) electrons. The van der Waals surface area contributed by atoms with Gasteiger partial charge in [0, 0.05) is 18.5 Å². The first-order valence-corrected chi connectivity index (χ1v) is 8.89. The predicted molar refractivity (Wildman–Crippen MR) is 88.1 cm³/mol. The van der Waals surface area contributed by atoms with Gasteiger partial charge in [0.05, 0.1) is 0 Å². The molecule has 3 amide bonds. The Labute approximate surface area is 141 Å². The highest BCUT2D eigenvalue weighted by molar-refractivity contribution is 6.05. The SMILES string of the molecule is O=C1CCC(N2Cc3c(CCC4CCC4)cccc3C2=O)C(=O)N1. The van der Waals surface area contributed by atoms with Gasteiger partial charge in [0.15, 0.2) is 0 Å². The minimum absolute atomic E-state index is 0.0787. The van der Waals surface area contributed by atoms with E-state index in [0.29, 0.717) is 19.4 Å². The fourth-order valence-corrected chi connectivity index (χ4v) is 4.03. The van der Waals surface area contributed by atoms with Crippen molar-refractivity contribution in [2.45, 2.75) is 57.5 Å². The van der Waals surface area contributed by atoms with Crippen molar-refractivity contribution in [3.63, 3.8) is 0 Å². The van der Waals surface area contributed by atoms with E-state index in [1.807, 2.05) is 12.1 Å². The fraction of sp³-hybridized carbons (Fsp3) is 0.526. The summed E-state index contributed by atoms with van der Waals surface area (Å²) in [4.78, 5) is 37.8. The molecular weight excluding hydrogens is 304 g/mol. The highest BCUT2D eigenvalue weighted by Gasteiger charge is 2.39. The first-order chi connectivity index (χ1) is 11.6. The van der Waals surface area contributed by atoms with Crippen molar-refractivity contribution in [2.24, 2.45) is 5.92 Å². The normalized spacial score (nSPS) is 23.9. The summed E-state index contributed by atoms with van der Waals surface area (Å²) in [7, 11) is 0. The summed E-state index contributed by atoms with van der Waals surface area (Å²) in [5.74, 6) is 0.166. The van der Waals surface area contributed by atoms with Gasteiger partial charge in [0.2, 0.25) is 11.8 Å². The number of nitrogens with one attached hydrogen (secondary N) is 1. The van der Waals surface area contributed by atoms with Crippen LogP contribution in [0, 0.1) is 5.92 Å². The van der Waals surface area contributed by atoms with Gasteiger partial charge in [0.1, 0.15) is 6.04 Å². The largest absolute Gasteiger partial charge is 0.322 e. The van der Waals surface area contributed by atoms with Gasteiger partial charge in [-0.05, 0) is 42.4 Å². The van der Waals surface area contributed by atoms with Gasteiger partial charge < -0.3 is 4.90 Å². The maximum atomic E-state index is 12.7. The number of benzene rings is 1. The average Bonchev–Trinajstić information content (AvgIpc) is 2.84. The molecule has 1 saturated carbocycles. The number of rotatable bonds is 4. The molecule has 3 aliphatic rings. The predicted octanol–water partition coefficient (Wildman–Crippen LogP) is 2.18. The highest BCUT2D eigenvalue weighted by Crippen LogP contribution is 2.34. The van der Waals surface area contributed by atoms with Crippen molar-refractivity contribution >= 4 is 17.7 Å². The van der Waals surface area contributed by atoms with Crippen LogP contribution in [0.2, 0.25) is 0 Å². The highest BCUT2D eigenvalue weighted by atomic mass is 16.2. The molecule has 2 aliphatic heterocycles. The minimum atomic E-state index is -0.526. The summed E-state index contributed by atoms with van der Waals surface area (Å²) < 4.78 is 0. The molecule has 0 spiro atoms. The zero-order chi connectivity index (χ0) is 16.7. The molecular formula is C19H22N2O3. The molecule has 4 rings (SSSR count). The molecule has 5 heteroatoms. The lowest BCUT2D eigenvalue weighted by atomic mass is 9.81. The fourth-order valence-electron chi connectivity index (χ4n) is 4.03. The minimum Gasteiger partial charge on any atom is -0.322 e. The molecule has 1 aromatic rings. The van der Waals surface area contributed by atoms with E-state index in [-0.39, 0.29) is 17.7 Å². The Morgan fingerprint density at radius 2 is 1.96 bits per heavy atom. The molecule has 1 unspecified atom stereocenters. The Hall–Kier alpha value is -2.17. The molecule has 126 valence electrons. The molecule has 0 bridgehead atoms. The van der Waals surface area contributed by atoms with Gasteiger partial charge in [-0.3, -0.25) is 19.7 Å². The van der Waals surface area contributed by atoms with Crippen molar-refractivity contribution in [3.05, 3.63) is 34.9 Å². The monoisotopic (exact) mass is 326 g/mol. The molecule has 5 nitrogen and oxygen atoms in total. The zero-order valence-electron chi connectivity index (χ0n) is 13.7. The number of fused-ring (bicyclic) bond motifs is 1. The maximum absolute atomic E-state index is 12.7. The van der Waals surface area contributed by atoms with E-state index in [1.165, 1.54) is 31.2 Å². The summed E-state index contributed by atoms with van der Waals surface area (Å²) >= 11 is 0. The van der Waals surface area contributed by atoms with Gasteiger partial charge in [0.25, 0.3) is 5.91 Å². The summed E-state index contributed by atoms with van der Waals surface area (Å²) in [5, 5.41) is 2.35. The van der Waals surface area contributed by atoms with Gasteiger partial charge in [-0.25, -0.2) is 0 Å². The van der Waals surface area contributed by atoms with Crippen molar-refractivity contribution in [1.29, 1.82) is 0 Å². The second-order valence-electron chi connectivity index (χ2n) is 7.18. The van der Waals surface area contributed by atoms with Crippen LogP contribution in [-0.4, -0.2) is 28.7 Å². The number of nitrogens with zero attached hydrogens (tertiary/aromatic N) is 1. The van der Waals surface area contributed by atoms with Crippen molar-refractivity contribution in [1.82, 2.24) is 10.2 Å². The van der Waals surface area contributed by atoms with Crippen LogP contribution in [0.3, 0.4) is 0 Å². The second kappa shape index (κ2) is 6.04. The van der Waals surface area contributed by atoms with Crippen molar-refractivity contribution < 1.29 is 14.4 Å². The third-order valence-electron chi connectivity index (χ3n) is 5.73. The van der Waals surface area contributed by atoms with Gasteiger partial charge in [-0.1, -0.05) is 31.4 Å². The van der Waals surface area contributed by atoms with E-state index < -0.39 is 6.04 Å². The number of amides is 3. The molecule has 1 N–H and O–H groups in total. The number of piperidine rings is 1. The molecule has 0 aromatic heterocycles. The lowest BCUT2D eigenvalue weighted by molar-refractivity contribution is -0.136. The maximum Gasteiger partial charge on any atom is 0.255 e. The number of carbonyl (C=O) groups is 3. The number of imide groups is 1. The quantitative estimate of drug-likeness (QED) is 0.863. The summed E-state index contributed by atoms with van der Waals surface area (Å²) in [6, 6.07) is 5.39. The lowest BCUT2D eigenvalue weighted by Gasteiger charge is -2.29. The van der Waals surface area contributed by atoms with Gasteiger partial charge in [-0.15, -0.1) is 0 Å². The smallest absolute Gasteiger partial charge is 0.255 e. The standard InChI is InChI=1S/C19H22N2O3/c22-17-10-9-16(18(23)20-17)21-11-15-13(8-7-12-3-1-4-12)5-2-6-14(15)19(21)24/h2,5-6,12,16H,1,3-4,7-11H2,(H,20,22,23). The topological polar surface area (TPSA) is 66.5 Å². The molecule has 2 heterocycles. The van der Waals surface area contributed by atoms with Crippen LogP contribution < -0.4 is 5.32 Å². The first-order valence-electron chi connectivity index (χ1n) is 8.89. The molecule has 24 heavy (non-hydrogen) atoms. The number of hydrogen-bond donors (Lipinski definition) is 1. The molecule has 1 atom stereocenters. The van der Waals surface area contributed by atoms with Crippen LogP contribution in [-0.2, 0) is 22.6 Å². The average molecular weight is 326 g/mol. The van der Waals surface area contributed by atoms with Crippen molar-refractivity contribution in [2.75, 3.05) is 0 Å². The molecule has 2 fully saturated rings. The third-order valence-corrected chi connectivity index (χ3v) is 5.73. The Morgan fingerprint density at radius 3 is 2.67 bits per heavy atom. The van der Waals surface area contributed by atoms with Gasteiger partial charge >= 0.3 is 0 Å². The van der Waals surface area contributed by atoms with Crippen LogP contribution in [0.25, 0.3) is 0 Å². The van der Waals surface area contributed by atoms with E-state index in [0.717, 1.165) is 23.5 Å². The van der Waals surface area contributed by atoms with E-state index in [4.69, 9.17) is 0 Å². The summed E-state index contributed by atoms with van der Waals surface area (Å²) in [6.45, 7) is 0.487. The van der Waals surface area contributed by atoms with E-state index >= 15 is 0 Å². The van der Waals surface area contributed by atoms with Crippen LogP contribution in [0.5, 0.6) is 0 Å². The summed E-state index contributed by atoms with van der Waals surface area (Å²) in [6.07, 6.45) is 6.91. The van der Waals surface area contributed by atoms with Crippen LogP contribution in [0.4, 0.5) is 0 Å². The Kier molecular flexibility index (Phi) is 3.87. The zero-order valence-corrected chi connectivity index (χ0v) is 13.7. The second-order valence-corrected chi connectivity index (χ2v) is 7.18. The molecule has 1 aliphatic carbocycles. The Balaban J connectivity index is 1.53. The van der Waals surface area contributed by atoms with Crippen LogP contribution in [0.1, 0.15) is 60.0 Å². The van der Waals surface area contributed by atoms with E-state index in [2.05, 4.69) is 11.4 Å². The van der Waals surface area contributed by atoms with E-state index in [9.17, 15) is 14.4 Å². The van der Waals surface area contributed by atoms with Crippen molar-refractivity contribution in [3.8, 4) is 0 Å². The van der Waals surface area contributed by atoms with Crippen LogP contribution in [0.15, 0.2) is 18.2 Å². The van der Waals surface area contributed by atoms with Crippen LogP contribution >= 0.6 is 0 Å². The number of carbonyl (C=O) groups excluding carboxylic acids is 3. The van der Waals surface area contributed by atoms with Gasteiger partial charge in [-0.2, -0.15) is 0 Å². The third kappa shape index (κ3) is 2.62. The lowest BCUT2D eigenvalue weighted by Crippen LogP contribution is -2.52. The number of aryl methyl sites for hydroxylation is 1. The molecule has 1 saturated heterocycles. The molecule has 1 aromatic carbocycles. The Bertz CT molecular complexity index is 709. The van der Waals surface area contributed by atoms with E-state index in [1.54, 1.807) is 4.90 Å². The number of hydrogen-bond acceptors (Lipinski definition) is 3. The first kappa shape index (κ1) is 15.4. The summed E-state index contributed by atoms with van der Waals surface area (Å²) in [5.41, 5.74) is 3.04. The Morgan fingerprint density at radius 1 is 1.12 bits per heavy atom.